The first-order valence-electron chi connectivity index (χ1n) is 4.25. The van der Waals surface area contributed by atoms with Gasteiger partial charge in [-0.15, -0.1) is 25.0 Å². The molecule has 0 atom stereocenters. The molecule has 0 heterocycles. The highest BCUT2D eigenvalue weighted by Crippen LogP contribution is 2.12. The maximum Gasteiger partial charge on any atom is 0.252 e. The number of nitrogens with one attached hydrogen (secondary N) is 1. The second-order valence-electron chi connectivity index (χ2n) is 2.73. The van der Waals surface area contributed by atoms with E-state index in [1.807, 2.05) is 6.07 Å². The number of hydrogen-bond acceptors (Lipinski definition) is 2. The van der Waals surface area contributed by atoms with Crippen molar-refractivity contribution in [2.75, 3.05) is 6.54 Å². The van der Waals surface area contributed by atoms with Gasteiger partial charge in [0.15, 0.2) is 0 Å². The zero-order chi connectivity index (χ0) is 10.4. The van der Waals surface area contributed by atoms with Crippen LogP contribution in [0, 0.1) is 12.3 Å². The Morgan fingerprint density at radius 2 is 2.21 bits per heavy atom. The van der Waals surface area contributed by atoms with Crippen LogP contribution in [0.4, 0.5) is 0 Å². The minimum Gasteiger partial charge on any atom is -0.351 e. The first-order valence-corrected chi connectivity index (χ1v) is 4.70. The van der Waals surface area contributed by atoms with E-state index in [0.29, 0.717) is 23.4 Å². The van der Waals surface area contributed by atoms with Gasteiger partial charge in [0.25, 0.3) is 5.91 Å². The van der Waals surface area contributed by atoms with E-state index in [1.54, 1.807) is 18.2 Å². The molecule has 0 bridgehead atoms. The number of thiol groups is 1. The van der Waals surface area contributed by atoms with E-state index in [2.05, 4.69) is 23.9 Å². The third-order valence-corrected chi connectivity index (χ3v) is 2.09. The maximum absolute atomic E-state index is 11.5. The van der Waals surface area contributed by atoms with Gasteiger partial charge in [-0.1, -0.05) is 12.1 Å². The Hall–Kier alpha value is -1.40. The average Bonchev–Trinajstić information content (AvgIpc) is 2.18. The van der Waals surface area contributed by atoms with Crippen molar-refractivity contribution in [2.45, 2.75) is 11.3 Å². The Morgan fingerprint density at radius 1 is 1.50 bits per heavy atom. The third kappa shape index (κ3) is 2.82. The lowest BCUT2D eigenvalue weighted by atomic mass is 10.2. The van der Waals surface area contributed by atoms with Gasteiger partial charge in [0.05, 0.1) is 5.56 Å². The topological polar surface area (TPSA) is 29.1 Å². The number of hydrogen-bond donors (Lipinski definition) is 2. The Labute approximate surface area is 89.1 Å². The highest BCUT2D eigenvalue weighted by molar-refractivity contribution is 7.80. The van der Waals surface area contributed by atoms with Gasteiger partial charge in [-0.2, -0.15) is 0 Å². The van der Waals surface area contributed by atoms with E-state index >= 15 is 0 Å². The van der Waals surface area contributed by atoms with Gasteiger partial charge in [-0.25, -0.2) is 0 Å². The van der Waals surface area contributed by atoms with E-state index in [4.69, 9.17) is 6.42 Å². The number of rotatable bonds is 3. The van der Waals surface area contributed by atoms with Crippen molar-refractivity contribution in [1.82, 2.24) is 5.32 Å². The van der Waals surface area contributed by atoms with Crippen LogP contribution >= 0.6 is 12.6 Å². The maximum atomic E-state index is 11.5. The Balaban J connectivity index is 2.62. The molecule has 2 nitrogen and oxygen atoms in total. The number of benzene rings is 1. The first-order chi connectivity index (χ1) is 6.75. The fourth-order valence-electron chi connectivity index (χ4n) is 1.01. The van der Waals surface area contributed by atoms with E-state index in [9.17, 15) is 4.79 Å². The molecule has 0 saturated heterocycles. The van der Waals surface area contributed by atoms with E-state index in [1.165, 1.54) is 0 Å². The number of terminal acetylenes is 1. The van der Waals surface area contributed by atoms with Crippen molar-refractivity contribution in [2.24, 2.45) is 0 Å². The summed E-state index contributed by atoms with van der Waals surface area (Å²) >= 11 is 4.18. The molecular formula is C11H11NOS. The molecule has 1 aromatic rings. The predicted octanol–water partition coefficient (Wildman–Crippen LogP) is 1.73. The van der Waals surface area contributed by atoms with Crippen LogP contribution in [0.5, 0.6) is 0 Å². The van der Waals surface area contributed by atoms with Crippen molar-refractivity contribution in [3.63, 3.8) is 0 Å². The normalized spacial score (nSPS) is 9.14. The van der Waals surface area contributed by atoms with Crippen LogP contribution in [0.15, 0.2) is 29.2 Å². The number of amides is 1. The van der Waals surface area contributed by atoms with Gasteiger partial charge in [0.1, 0.15) is 0 Å². The van der Waals surface area contributed by atoms with E-state index in [0.717, 1.165) is 0 Å². The van der Waals surface area contributed by atoms with Crippen LogP contribution in [-0.4, -0.2) is 12.5 Å². The van der Waals surface area contributed by atoms with E-state index < -0.39 is 0 Å². The van der Waals surface area contributed by atoms with Crippen LogP contribution in [0.1, 0.15) is 16.8 Å². The first kappa shape index (κ1) is 10.7. The molecule has 1 amide bonds. The molecule has 1 aromatic carbocycles. The predicted molar refractivity (Wildman–Crippen MR) is 59.5 cm³/mol. The molecule has 1 rings (SSSR count). The molecule has 0 aliphatic rings. The van der Waals surface area contributed by atoms with E-state index in [-0.39, 0.29) is 5.91 Å². The summed E-state index contributed by atoms with van der Waals surface area (Å²) in [5.74, 6) is 2.32. The number of carbonyl (C=O) groups excluding carboxylic acids is 1. The standard InChI is InChI=1S/C11H11NOS/c1-2-3-8-12-11(13)9-6-4-5-7-10(9)14/h1,4-7,14H,3,8H2,(H,12,13). The molecule has 14 heavy (non-hydrogen) atoms. The van der Waals surface area contributed by atoms with Crippen LogP contribution in [0.3, 0.4) is 0 Å². The quantitative estimate of drug-likeness (QED) is 0.439. The smallest absolute Gasteiger partial charge is 0.252 e. The van der Waals surface area contributed by atoms with Crippen molar-refractivity contribution in [1.29, 1.82) is 0 Å². The average molecular weight is 205 g/mol. The summed E-state index contributed by atoms with van der Waals surface area (Å²) in [6.07, 6.45) is 5.61. The number of carbonyl (C=O) groups is 1. The molecule has 0 aromatic heterocycles. The van der Waals surface area contributed by atoms with Crippen molar-refractivity contribution in [3.8, 4) is 12.3 Å². The summed E-state index contributed by atoms with van der Waals surface area (Å²) in [4.78, 5) is 12.2. The van der Waals surface area contributed by atoms with Crippen molar-refractivity contribution in [3.05, 3.63) is 29.8 Å². The molecule has 0 aliphatic carbocycles. The van der Waals surface area contributed by atoms with Gasteiger partial charge in [-0.3, -0.25) is 4.79 Å². The zero-order valence-corrected chi connectivity index (χ0v) is 8.55. The molecule has 72 valence electrons. The highest BCUT2D eigenvalue weighted by Gasteiger charge is 2.06. The molecular weight excluding hydrogens is 194 g/mol. The summed E-state index contributed by atoms with van der Waals surface area (Å²) in [7, 11) is 0. The van der Waals surface area contributed by atoms with Gasteiger partial charge < -0.3 is 5.32 Å². The molecule has 1 N–H and O–H groups in total. The monoisotopic (exact) mass is 205 g/mol. The molecule has 0 spiro atoms. The molecule has 0 saturated carbocycles. The van der Waals surface area contributed by atoms with Gasteiger partial charge in [-0.05, 0) is 12.1 Å². The second-order valence-corrected chi connectivity index (χ2v) is 3.21. The summed E-state index contributed by atoms with van der Waals surface area (Å²) in [5.41, 5.74) is 0.577. The van der Waals surface area contributed by atoms with Crippen LogP contribution < -0.4 is 5.32 Å². The lowest BCUT2D eigenvalue weighted by Crippen LogP contribution is -2.24. The largest absolute Gasteiger partial charge is 0.351 e. The summed E-state index contributed by atoms with van der Waals surface area (Å²) in [5, 5.41) is 2.71. The zero-order valence-electron chi connectivity index (χ0n) is 7.66. The van der Waals surface area contributed by atoms with Gasteiger partial charge in [0, 0.05) is 17.9 Å². The lowest BCUT2D eigenvalue weighted by Gasteiger charge is -2.04. The van der Waals surface area contributed by atoms with Crippen molar-refractivity contribution < 1.29 is 4.79 Å². The van der Waals surface area contributed by atoms with Crippen LogP contribution in [-0.2, 0) is 0 Å². The molecule has 0 fully saturated rings. The fourth-order valence-corrected chi connectivity index (χ4v) is 1.27. The van der Waals surface area contributed by atoms with Crippen molar-refractivity contribution >= 4 is 18.5 Å². The van der Waals surface area contributed by atoms with Gasteiger partial charge in [0.2, 0.25) is 0 Å². The fraction of sp³-hybridized carbons (Fsp3) is 0.182. The SMILES string of the molecule is C#CCCNC(=O)c1ccccc1S. The van der Waals surface area contributed by atoms with Crippen LogP contribution in [0.25, 0.3) is 0 Å². The Kier molecular flexibility index (Phi) is 4.09. The summed E-state index contributed by atoms with van der Waals surface area (Å²) in [6, 6.07) is 7.14. The minimum atomic E-state index is -0.133. The summed E-state index contributed by atoms with van der Waals surface area (Å²) < 4.78 is 0. The highest BCUT2D eigenvalue weighted by atomic mass is 32.1. The molecule has 0 aliphatic heterocycles. The molecule has 3 heteroatoms. The van der Waals surface area contributed by atoms with Gasteiger partial charge >= 0.3 is 0 Å². The Bertz CT molecular complexity index is 368. The van der Waals surface area contributed by atoms with Crippen LogP contribution in [0.2, 0.25) is 0 Å². The third-order valence-electron chi connectivity index (χ3n) is 1.70. The summed E-state index contributed by atoms with van der Waals surface area (Å²) in [6.45, 7) is 0.497. The molecule has 0 unspecified atom stereocenters. The lowest BCUT2D eigenvalue weighted by molar-refractivity contribution is 0.0951. The second kappa shape index (κ2) is 5.36. The molecule has 0 radical (unpaired) electrons. The minimum absolute atomic E-state index is 0.133. The Morgan fingerprint density at radius 3 is 2.86 bits per heavy atom.